The van der Waals surface area contributed by atoms with Crippen LogP contribution in [0.15, 0.2) is 28.7 Å². The Hall–Kier alpha value is -1.03. The molecule has 0 unspecified atom stereocenters. The molecule has 1 amide bonds. The van der Waals surface area contributed by atoms with E-state index in [1.165, 1.54) is 0 Å². The highest BCUT2D eigenvalue weighted by molar-refractivity contribution is 9.10. The molecule has 1 aromatic carbocycles. The van der Waals surface area contributed by atoms with E-state index in [-0.39, 0.29) is 6.09 Å². The van der Waals surface area contributed by atoms with E-state index in [9.17, 15) is 4.79 Å². The number of ether oxygens (including phenoxy) is 1. The molecule has 1 aliphatic heterocycles. The average molecular weight is 256 g/mol. The minimum atomic E-state index is -0.251. The lowest BCUT2D eigenvalue weighted by Gasteiger charge is -2.29. The molecule has 3 nitrogen and oxygen atoms in total. The van der Waals surface area contributed by atoms with E-state index in [2.05, 4.69) is 15.9 Å². The first kappa shape index (κ1) is 9.52. The summed E-state index contributed by atoms with van der Waals surface area (Å²) < 4.78 is 6.11. The molecule has 0 N–H and O–H groups in total. The summed E-state index contributed by atoms with van der Waals surface area (Å²) in [6, 6.07) is 7.22. The van der Waals surface area contributed by atoms with Crippen molar-refractivity contribution in [3.63, 3.8) is 0 Å². The standard InChI is InChI=1S/C10H10BrNO2/c11-8-2-4-9(5-3-8)14-10(13)12-6-1-7-12/h2-5H,1,6-7H2. The van der Waals surface area contributed by atoms with Crippen LogP contribution in [0.3, 0.4) is 0 Å². The molecule has 4 heteroatoms. The second kappa shape index (κ2) is 4.00. The SMILES string of the molecule is O=C(Oc1ccc(Br)cc1)N1CCC1. The van der Waals surface area contributed by atoms with Crippen LogP contribution in [0.5, 0.6) is 5.75 Å². The molecule has 0 aromatic heterocycles. The lowest BCUT2D eigenvalue weighted by molar-refractivity contribution is 0.125. The molecule has 2 rings (SSSR count). The quantitative estimate of drug-likeness (QED) is 0.773. The van der Waals surface area contributed by atoms with Crippen molar-refractivity contribution in [1.82, 2.24) is 4.90 Å². The predicted octanol–water partition coefficient (Wildman–Crippen LogP) is 2.65. The van der Waals surface area contributed by atoms with Gasteiger partial charge in [-0.3, -0.25) is 0 Å². The van der Waals surface area contributed by atoms with Gasteiger partial charge in [0.25, 0.3) is 0 Å². The number of carbonyl (C=O) groups excluding carboxylic acids is 1. The third-order valence-electron chi connectivity index (χ3n) is 2.13. The first-order valence-electron chi connectivity index (χ1n) is 4.48. The molecular weight excluding hydrogens is 246 g/mol. The van der Waals surface area contributed by atoms with Crippen molar-refractivity contribution in [2.75, 3.05) is 13.1 Å². The number of carbonyl (C=O) groups is 1. The summed E-state index contributed by atoms with van der Waals surface area (Å²) in [4.78, 5) is 13.1. The van der Waals surface area contributed by atoms with Gasteiger partial charge in [0, 0.05) is 17.6 Å². The molecule has 0 atom stereocenters. The lowest BCUT2D eigenvalue weighted by Crippen LogP contribution is -2.43. The Morgan fingerprint density at radius 1 is 1.29 bits per heavy atom. The number of nitrogens with zero attached hydrogens (tertiary/aromatic N) is 1. The highest BCUT2D eigenvalue weighted by Crippen LogP contribution is 2.18. The molecule has 1 fully saturated rings. The molecule has 0 spiro atoms. The fraction of sp³-hybridized carbons (Fsp3) is 0.300. The fourth-order valence-electron chi connectivity index (χ4n) is 1.17. The van der Waals surface area contributed by atoms with Crippen LogP contribution in [0.2, 0.25) is 0 Å². The van der Waals surface area contributed by atoms with E-state index in [1.807, 2.05) is 12.1 Å². The van der Waals surface area contributed by atoms with Crippen LogP contribution in [-0.4, -0.2) is 24.1 Å². The molecule has 0 radical (unpaired) electrons. The number of likely N-dealkylation sites (tertiary alicyclic amines) is 1. The zero-order chi connectivity index (χ0) is 9.97. The second-order valence-corrected chi connectivity index (χ2v) is 4.08. The molecule has 0 saturated carbocycles. The number of benzene rings is 1. The Morgan fingerprint density at radius 3 is 2.43 bits per heavy atom. The molecular formula is C10H10BrNO2. The summed E-state index contributed by atoms with van der Waals surface area (Å²) in [5.74, 6) is 0.588. The van der Waals surface area contributed by atoms with Crippen LogP contribution in [0.4, 0.5) is 4.79 Å². The smallest absolute Gasteiger partial charge is 0.410 e. The fourth-order valence-corrected chi connectivity index (χ4v) is 1.43. The molecule has 0 aliphatic carbocycles. The van der Waals surface area contributed by atoms with E-state index in [0.29, 0.717) is 5.75 Å². The van der Waals surface area contributed by atoms with Gasteiger partial charge in [-0.15, -0.1) is 0 Å². The van der Waals surface area contributed by atoms with Gasteiger partial charge in [-0.2, -0.15) is 0 Å². The van der Waals surface area contributed by atoms with Crippen LogP contribution < -0.4 is 4.74 Å². The van der Waals surface area contributed by atoms with Gasteiger partial charge in [0.05, 0.1) is 0 Å². The van der Waals surface area contributed by atoms with E-state index in [4.69, 9.17) is 4.74 Å². The Balaban J connectivity index is 1.96. The molecule has 14 heavy (non-hydrogen) atoms. The van der Waals surface area contributed by atoms with Gasteiger partial charge < -0.3 is 9.64 Å². The van der Waals surface area contributed by atoms with Gasteiger partial charge in [0.2, 0.25) is 0 Å². The minimum absolute atomic E-state index is 0.251. The topological polar surface area (TPSA) is 29.5 Å². The van der Waals surface area contributed by atoms with E-state index in [1.54, 1.807) is 17.0 Å². The maximum Gasteiger partial charge on any atom is 0.415 e. The molecule has 1 aromatic rings. The first-order valence-corrected chi connectivity index (χ1v) is 5.27. The summed E-state index contributed by atoms with van der Waals surface area (Å²) in [5.41, 5.74) is 0. The average Bonchev–Trinajstić information content (AvgIpc) is 2.06. The number of hydrogen-bond donors (Lipinski definition) is 0. The molecule has 1 heterocycles. The van der Waals surface area contributed by atoms with E-state index >= 15 is 0 Å². The number of amides is 1. The van der Waals surface area contributed by atoms with Crippen molar-refractivity contribution in [2.24, 2.45) is 0 Å². The van der Waals surface area contributed by atoms with Crippen molar-refractivity contribution >= 4 is 22.0 Å². The van der Waals surface area contributed by atoms with Crippen molar-refractivity contribution in [3.8, 4) is 5.75 Å². The Morgan fingerprint density at radius 2 is 1.93 bits per heavy atom. The molecule has 0 bridgehead atoms. The number of halogens is 1. The van der Waals surface area contributed by atoms with Crippen LogP contribution >= 0.6 is 15.9 Å². The summed E-state index contributed by atoms with van der Waals surface area (Å²) >= 11 is 3.31. The van der Waals surface area contributed by atoms with Gasteiger partial charge in [-0.25, -0.2) is 4.79 Å². The zero-order valence-electron chi connectivity index (χ0n) is 7.57. The number of hydrogen-bond acceptors (Lipinski definition) is 2. The van der Waals surface area contributed by atoms with E-state index in [0.717, 1.165) is 24.0 Å². The van der Waals surface area contributed by atoms with Gasteiger partial charge in [-0.1, -0.05) is 15.9 Å². The second-order valence-electron chi connectivity index (χ2n) is 3.16. The van der Waals surface area contributed by atoms with Gasteiger partial charge in [0.1, 0.15) is 5.75 Å². The summed E-state index contributed by atoms with van der Waals surface area (Å²) in [5, 5.41) is 0. The van der Waals surface area contributed by atoms with Crippen LogP contribution in [0, 0.1) is 0 Å². The van der Waals surface area contributed by atoms with Gasteiger partial charge >= 0.3 is 6.09 Å². The van der Waals surface area contributed by atoms with Crippen LogP contribution in [0.1, 0.15) is 6.42 Å². The Bertz CT molecular complexity index is 332. The number of rotatable bonds is 1. The van der Waals surface area contributed by atoms with Gasteiger partial charge in [-0.05, 0) is 30.7 Å². The predicted molar refractivity (Wildman–Crippen MR) is 56.4 cm³/mol. The summed E-state index contributed by atoms with van der Waals surface area (Å²) in [7, 11) is 0. The maximum atomic E-state index is 11.4. The third-order valence-corrected chi connectivity index (χ3v) is 2.66. The molecule has 1 saturated heterocycles. The highest BCUT2D eigenvalue weighted by Gasteiger charge is 2.21. The maximum absolute atomic E-state index is 11.4. The zero-order valence-corrected chi connectivity index (χ0v) is 9.16. The van der Waals surface area contributed by atoms with Crippen molar-refractivity contribution in [2.45, 2.75) is 6.42 Å². The first-order chi connectivity index (χ1) is 6.75. The minimum Gasteiger partial charge on any atom is -0.410 e. The third kappa shape index (κ3) is 2.07. The van der Waals surface area contributed by atoms with Crippen molar-refractivity contribution in [3.05, 3.63) is 28.7 Å². The Labute approximate surface area is 90.8 Å². The monoisotopic (exact) mass is 255 g/mol. The van der Waals surface area contributed by atoms with Crippen molar-refractivity contribution in [1.29, 1.82) is 0 Å². The van der Waals surface area contributed by atoms with E-state index < -0.39 is 0 Å². The van der Waals surface area contributed by atoms with Crippen LogP contribution in [-0.2, 0) is 0 Å². The summed E-state index contributed by atoms with van der Waals surface area (Å²) in [6.07, 6.45) is 0.827. The Kier molecular flexibility index (Phi) is 2.72. The largest absolute Gasteiger partial charge is 0.415 e. The highest BCUT2D eigenvalue weighted by atomic mass is 79.9. The summed E-state index contributed by atoms with van der Waals surface area (Å²) in [6.45, 7) is 1.63. The normalized spacial score (nSPS) is 14.8. The molecule has 74 valence electrons. The molecule has 1 aliphatic rings. The van der Waals surface area contributed by atoms with Crippen LogP contribution in [0.25, 0.3) is 0 Å². The lowest BCUT2D eigenvalue weighted by atomic mass is 10.2. The van der Waals surface area contributed by atoms with Gasteiger partial charge in [0.15, 0.2) is 0 Å². The van der Waals surface area contributed by atoms with Crippen molar-refractivity contribution < 1.29 is 9.53 Å².